The number of ether oxygens (including phenoxy) is 1. The van der Waals surface area contributed by atoms with Crippen molar-refractivity contribution in [2.75, 3.05) is 13.1 Å². The van der Waals surface area contributed by atoms with Gasteiger partial charge in [-0.3, -0.25) is 4.98 Å². The van der Waals surface area contributed by atoms with Crippen LogP contribution < -0.4 is 0 Å². The highest BCUT2D eigenvalue weighted by molar-refractivity contribution is 6.02. The second-order valence-corrected chi connectivity index (χ2v) is 8.39. The van der Waals surface area contributed by atoms with Crippen LogP contribution in [0, 0.1) is 6.92 Å². The lowest BCUT2D eigenvalue weighted by Gasteiger charge is -2.34. The van der Waals surface area contributed by atoms with Crippen LogP contribution in [0.3, 0.4) is 0 Å². The fourth-order valence-electron chi connectivity index (χ4n) is 3.78. The van der Waals surface area contributed by atoms with Gasteiger partial charge in [0.1, 0.15) is 11.1 Å². The molecule has 1 saturated heterocycles. The number of hydrogen-bond donors (Lipinski definition) is 0. The summed E-state index contributed by atoms with van der Waals surface area (Å²) < 4.78 is 7.79. The van der Waals surface area contributed by atoms with Crippen LogP contribution in [-0.2, 0) is 4.74 Å². The predicted octanol–water partition coefficient (Wildman–Crippen LogP) is 4.46. The zero-order valence-electron chi connectivity index (χ0n) is 16.4. The third-order valence-corrected chi connectivity index (χ3v) is 5.00. The van der Waals surface area contributed by atoms with Crippen molar-refractivity contribution in [1.82, 2.24) is 19.4 Å². The largest absolute Gasteiger partial charge is 0.444 e. The Morgan fingerprint density at radius 3 is 2.81 bits per heavy atom. The average Bonchev–Trinajstić information content (AvgIpc) is 3.05. The predicted molar refractivity (Wildman–Crippen MR) is 106 cm³/mol. The van der Waals surface area contributed by atoms with Crippen LogP contribution in [0.4, 0.5) is 4.79 Å². The van der Waals surface area contributed by atoms with Gasteiger partial charge in [0.15, 0.2) is 0 Å². The van der Waals surface area contributed by atoms with Crippen LogP contribution in [0.1, 0.15) is 45.2 Å². The van der Waals surface area contributed by atoms with Crippen LogP contribution in [-0.4, -0.2) is 44.2 Å². The molecule has 4 rings (SSSR count). The van der Waals surface area contributed by atoms with E-state index in [0.29, 0.717) is 6.54 Å². The van der Waals surface area contributed by atoms with Crippen molar-refractivity contribution >= 4 is 28.0 Å². The van der Waals surface area contributed by atoms with E-state index >= 15 is 0 Å². The highest BCUT2D eigenvalue weighted by Gasteiger charge is 2.29. The molecule has 1 unspecified atom stereocenters. The minimum atomic E-state index is -0.481. The highest BCUT2D eigenvalue weighted by atomic mass is 16.6. The van der Waals surface area contributed by atoms with Crippen LogP contribution in [0.2, 0.25) is 0 Å². The van der Waals surface area contributed by atoms with Gasteiger partial charge in [0.25, 0.3) is 0 Å². The number of amides is 1. The number of carbonyl (C=O) groups excluding carboxylic acids is 1. The maximum absolute atomic E-state index is 12.5. The zero-order chi connectivity index (χ0) is 19.2. The van der Waals surface area contributed by atoms with Gasteiger partial charge in [0.2, 0.25) is 0 Å². The standard InChI is InChI=1S/C21H26N4O2/c1-14-7-8-17-16(10-14)19-18(11-22-17)23-13-25(19)15-6-5-9-24(12-15)20(26)27-21(2,3)4/h7-8,10-11,13,15H,5-6,9,12H2,1-4H3. The van der Waals surface area contributed by atoms with Crippen molar-refractivity contribution in [3.8, 4) is 0 Å². The Morgan fingerprint density at radius 1 is 1.22 bits per heavy atom. The molecule has 3 heterocycles. The molecule has 142 valence electrons. The number of likely N-dealkylation sites (tertiary alicyclic amines) is 1. The number of carbonyl (C=O) groups is 1. The fourth-order valence-corrected chi connectivity index (χ4v) is 3.78. The Bertz CT molecular complexity index is 1000. The van der Waals surface area contributed by atoms with Crippen molar-refractivity contribution in [2.45, 2.75) is 52.2 Å². The Kier molecular flexibility index (Phi) is 4.29. The monoisotopic (exact) mass is 366 g/mol. The minimum Gasteiger partial charge on any atom is -0.444 e. The van der Waals surface area contributed by atoms with Crippen LogP contribution >= 0.6 is 0 Å². The van der Waals surface area contributed by atoms with Crippen LogP contribution in [0.5, 0.6) is 0 Å². The smallest absolute Gasteiger partial charge is 0.410 e. The van der Waals surface area contributed by atoms with Gasteiger partial charge in [-0.05, 0) is 52.7 Å². The summed E-state index contributed by atoms with van der Waals surface area (Å²) in [6.45, 7) is 9.16. The molecule has 1 fully saturated rings. The van der Waals surface area contributed by atoms with Gasteiger partial charge in [-0.25, -0.2) is 9.78 Å². The fraction of sp³-hybridized carbons (Fsp3) is 0.476. The van der Waals surface area contributed by atoms with Crippen molar-refractivity contribution in [1.29, 1.82) is 0 Å². The summed E-state index contributed by atoms with van der Waals surface area (Å²) >= 11 is 0. The lowest BCUT2D eigenvalue weighted by atomic mass is 10.0. The Hall–Kier alpha value is -2.63. The quantitative estimate of drug-likeness (QED) is 0.638. The summed E-state index contributed by atoms with van der Waals surface area (Å²) in [6.07, 6.45) is 5.44. The molecule has 1 amide bonds. The van der Waals surface area contributed by atoms with Gasteiger partial charge in [0.05, 0.1) is 29.6 Å². The first-order chi connectivity index (χ1) is 12.8. The van der Waals surface area contributed by atoms with E-state index in [2.05, 4.69) is 39.7 Å². The number of fused-ring (bicyclic) bond motifs is 3. The first-order valence-electron chi connectivity index (χ1n) is 9.52. The first kappa shape index (κ1) is 17.8. The number of hydrogen-bond acceptors (Lipinski definition) is 4. The van der Waals surface area contributed by atoms with E-state index in [1.165, 1.54) is 5.56 Å². The van der Waals surface area contributed by atoms with E-state index < -0.39 is 5.60 Å². The SMILES string of the molecule is Cc1ccc2ncc3ncn(C4CCCN(C(=O)OC(C)(C)C)C4)c3c2c1. The minimum absolute atomic E-state index is 0.183. The topological polar surface area (TPSA) is 60.2 Å². The van der Waals surface area contributed by atoms with Gasteiger partial charge in [0, 0.05) is 18.5 Å². The number of rotatable bonds is 1. The molecular formula is C21H26N4O2. The molecule has 6 nitrogen and oxygen atoms in total. The van der Waals surface area contributed by atoms with Gasteiger partial charge >= 0.3 is 6.09 Å². The summed E-state index contributed by atoms with van der Waals surface area (Å²) in [5.41, 5.74) is 3.67. The molecule has 1 aromatic carbocycles. The van der Waals surface area contributed by atoms with Gasteiger partial charge in [-0.1, -0.05) is 11.6 Å². The van der Waals surface area contributed by atoms with Gasteiger partial charge in [-0.2, -0.15) is 0 Å². The molecule has 0 bridgehead atoms. The van der Waals surface area contributed by atoms with Gasteiger partial charge in [-0.15, -0.1) is 0 Å². The number of nitrogens with zero attached hydrogens (tertiary/aromatic N) is 4. The second kappa shape index (κ2) is 6.51. The molecule has 6 heteroatoms. The molecule has 1 atom stereocenters. The molecule has 2 aromatic heterocycles. The molecule has 0 radical (unpaired) electrons. The lowest BCUT2D eigenvalue weighted by molar-refractivity contribution is 0.0174. The molecule has 0 aliphatic carbocycles. The van der Waals surface area contributed by atoms with E-state index in [-0.39, 0.29) is 12.1 Å². The summed E-state index contributed by atoms with van der Waals surface area (Å²) in [6, 6.07) is 6.47. The van der Waals surface area contributed by atoms with E-state index in [1.807, 2.05) is 38.2 Å². The number of aryl methyl sites for hydroxylation is 1. The number of piperidine rings is 1. The maximum Gasteiger partial charge on any atom is 0.410 e. The lowest BCUT2D eigenvalue weighted by Crippen LogP contribution is -2.43. The van der Waals surface area contributed by atoms with E-state index in [4.69, 9.17) is 4.74 Å². The van der Waals surface area contributed by atoms with E-state index in [0.717, 1.165) is 41.3 Å². The average molecular weight is 366 g/mol. The first-order valence-corrected chi connectivity index (χ1v) is 9.52. The number of pyridine rings is 1. The second-order valence-electron chi connectivity index (χ2n) is 8.39. The Balaban J connectivity index is 1.70. The van der Waals surface area contributed by atoms with E-state index in [9.17, 15) is 4.79 Å². The van der Waals surface area contributed by atoms with Crippen molar-refractivity contribution < 1.29 is 9.53 Å². The molecule has 0 N–H and O–H groups in total. The molecule has 1 aliphatic rings. The summed E-state index contributed by atoms with van der Waals surface area (Å²) in [7, 11) is 0. The molecule has 0 spiro atoms. The van der Waals surface area contributed by atoms with Crippen molar-refractivity contribution in [2.24, 2.45) is 0 Å². The van der Waals surface area contributed by atoms with E-state index in [1.54, 1.807) is 0 Å². The Labute approximate surface area is 159 Å². The van der Waals surface area contributed by atoms with Crippen LogP contribution in [0.15, 0.2) is 30.7 Å². The zero-order valence-corrected chi connectivity index (χ0v) is 16.4. The number of imidazole rings is 1. The Morgan fingerprint density at radius 2 is 2.04 bits per heavy atom. The van der Waals surface area contributed by atoms with Crippen molar-refractivity contribution in [3.05, 3.63) is 36.3 Å². The van der Waals surface area contributed by atoms with Crippen molar-refractivity contribution in [3.63, 3.8) is 0 Å². The van der Waals surface area contributed by atoms with Gasteiger partial charge < -0.3 is 14.2 Å². The third kappa shape index (κ3) is 3.48. The third-order valence-electron chi connectivity index (χ3n) is 5.00. The number of aromatic nitrogens is 3. The molecular weight excluding hydrogens is 340 g/mol. The highest BCUT2D eigenvalue weighted by Crippen LogP contribution is 2.30. The molecule has 3 aromatic rings. The maximum atomic E-state index is 12.5. The normalized spacial score (nSPS) is 18.2. The summed E-state index contributed by atoms with van der Waals surface area (Å²) in [5.74, 6) is 0. The molecule has 0 saturated carbocycles. The molecule has 27 heavy (non-hydrogen) atoms. The molecule has 1 aliphatic heterocycles. The summed E-state index contributed by atoms with van der Waals surface area (Å²) in [4.78, 5) is 23.4. The number of benzene rings is 1. The summed E-state index contributed by atoms with van der Waals surface area (Å²) in [5, 5.41) is 1.11. The van der Waals surface area contributed by atoms with Crippen LogP contribution in [0.25, 0.3) is 21.9 Å².